The van der Waals surface area contributed by atoms with E-state index in [9.17, 15) is 4.79 Å². The Morgan fingerprint density at radius 1 is 1.30 bits per heavy atom. The molecule has 144 valence electrons. The molecule has 2 atom stereocenters. The van der Waals surface area contributed by atoms with E-state index in [4.69, 9.17) is 16.3 Å². The van der Waals surface area contributed by atoms with Crippen LogP contribution >= 0.6 is 11.6 Å². The van der Waals surface area contributed by atoms with E-state index < -0.39 is 0 Å². The van der Waals surface area contributed by atoms with Crippen molar-refractivity contribution < 1.29 is 9.53 Å². The summed E-state index contributed by atoms with van der Waals surface area (Å²) in [6.45, 7) is 8.24. The number of halogens is 1. The summed E-state index contributed by atoms with van der Waals surface area (Å²) in [4.78, 5) is 25.4. The lowest BCUT2D eigenvalue weighted by molar-refractivity contribution is 0.0104. The molecular weight excluding hydrogens is 364 g/mol. The number of hydrogen-bond acceptors (Lipinski definition) is 4. The van der Waals surface area contributed by atoms with Crippen molar-refractivity contribution in [2.24, 2.45) is 0 Å². The number of hydrogen-bond donors (Lipinski definition) is 1. The Bertz CT molecular complexity index is 831. The largest absolute Gasteiger partial charge is 0.379 e. The van der Waals surface area contributed by atoms with Crippen molar-refractivity contribution in [3.63, 3.8) is 0 Å². The van der Waals surface area contributed by atoms with E-state index in [1.54, 1.807) is 0 Å². The average Bonchev–Trinajstić information content (AvgIpc) is 3.25. The van der Waals surface area contributed by atoms with Gasteiger partial charge in [0.15, 0.2) is 0 Å². The summed E-state index contributed by atoms with van der Waals surface area (Å²) in [5.74, 6) is 0.676. The number of aromatic nitrogens is 2. The van der Waals surface area contributed by atoms with E-state index in [1.807, 2.05) is 36.1 Å². The molecule has 2 aliphatic rings. The minimum Gasteiger partial charge on any atom is -0.379 e. The van der Waals surface area contributed by atoms with E-state index >= 15 is 0 Å². The molecule has 1 aromatic carbocycles. The Morgan fingerprint density at radius 2 is 2.07 bits per heavy atom. The van der Waals surface area contributed by atoms with Crippen LogP contribution < -0.4 is 0 Å². The molecule has 3 heterocycles. The fourth-order valence-corrected chi connectivity index (χ4v) is 4.37. The van der Waals surface area contributed by atoms with Crippen LogP contribution in [0.2, 0.25) is 5.02 Å². The maximum Gasteiger partial charge on any atom is 0.274 e. The summed E-state index contributed by atoms with van der Waals surface area (Å²) in [5, 5.41) is 0.649. The molecule has 2 saturated heterocycles. The summed E-state index contributed by atoms with van der Waals surface area (Å²) in [7, 11) is 0. The Balaban J connectivity index is 1.53. The zero-order chi connectivity index (χ0) is 19.0. The first-order valence-electron chi connectivity index (χ1n) is 9.50. The first-order valence-corrected chi connectivity index (χ1v) is 9.87. The zero-order valence-electron chi connectivity index (χ0n) is 15.7. The Kier molecular flexibility index (Phi) is 5.21. The lowest BCUT2D eigenvalue weighted by Gasteiger charge is -2.35. The quantitative estimate of drug-likeness (QED) is 0.878. The Labute approximate surface area is 164 Å². The maximum atomic E-state index is 13.2. The number of likely N-dealkylation sites (tertiary alicyclic amines) is 1. The number of aromatic amines is 1. The third-order valence-corrected chi connectivity index (χ3v) is 5.91. The second-order valence-corrected chi connectivity index (χ2v) is 7.75. The number of carbonyl (C=O) groups excluding carboxylic acids is 1. The van der Waals surface area contributed by atoms with E-state index in [-0.39, 0.29) is 11.9 Å². The van der Waals surface area contributed by atoms with Crippen molar-refractivity contribution in [2.75, 3.05) is 32.8 Å². The number of rotatable bonds is 3. The molecule has 0 spiro atoms. The molecule has 0 unspecified atom stereocenters. The summed E-state index contributed by atoms with van der Waals surface area (Å²) in [6.07, 6.45) is 0.998. The van der Waals surface area contributed by atoms with Gasteiger partial charge in [-0.05, 0) is 32.4 Å². The van der Waals surface area contributed by atoms with Crippen LogP contribution in [0, 0.1) is 6.92 Å². The van der Waals surface area contributed by atoms with Gasteiger partial charge < -0.3 is 14.6 Å². The standard InChI is InChI=1S/C20H25ClN4O2/c1-13-18(23-19(22-13)15-4-3-5-16(21)12-15)20(26)25-7-6-17(14(25)2)24-8-10-27-11-9-24/h3-5,12,14,17H,6-11H2,1-2H3,(H,22,23)/t14-,17-/m1/s1. The average molecular weight is 389 g/mol. The summed E-state index contributed by atoms with van der Waals surface area (Å²) in [6, 6.07) is 8.05. The van der Waals surface area contributed by atoms with Crippen LogP contribution in [0.3, 0.4) is 0 Å². The van der Waals surface area contributed by atoms with E-state index in [2.05, 4.69) is 21.8 Å². The number of amides is 1. The van der Waals surface area contributed by atoms with Gasteiger partial charge in [-0.2, -0.15) is 0 Å². The maximum absolute atomic E-state index is 13.2. The van der Waals surface area contributed by atoms with E-state index in [0.29, 0.717) is 22.6 Å². The van der Waals surface area contributed by atoms with Crippen molar-refractivity contribution in [3.8, 4) is 11.4 Å². The van der Waals surface area contributed by atoms with Gasteiger partial charge in [-0.25, -0.2) is 4.98 Å². The lowest BCUT2D eigenvalue weighted by Crippen LogP contribution is -2.49. The number of nitrogens with zero attached hydrogens (tertiary/aromatic N) is 3. The second kappa shape index (κ2) is 7.62. The Hall–Kier alpha value is -1.89. The van der Waals surface area contributed by atoms with Gasteiger partial charge in [0.2, 0.25) is 0 Å². The second-order valence-electron chi connectivity index (χ2n) is 7.31. The van der Waals surface area contributed by atoms with Gasteiger partial charge in [-0.1, -0.05) is 23.7 Å². The van der Waals surface area contributed by atoms with Crippen LogP contribution in [-0.4, -0.2) is 70.6 Å². The molecule has 1 N–H and O–H groups in total. The minimum atomic E-state index is 0.000266. The highest BCUT2D eigenvalue weighted by Gasteiger charge is 2.39. The molecule has 0 saturated carbocycles. The number of nitrogens with one attached hydrogen (secondary N) is 1. The summed E-state index contributed by atoms with van der Waals surface area (Å²) >= 11 is 6.09. The number of benzene rings is 1. The first-order chi connectivity index (χ1) is 13.0. The van der Waals surface area contributed by atoms with Gasteiger partial charge >= 0.3 is 0 Å². The molecule has 1 amide bonds. The van der Waals surface area contributed by atoms with Crippen LogP contribution in [0.5, 0.6) is 0 Å². The number of aryl methyl sites for hydroxylation is 1. The fraction of sp³-hybridized carbons (Fsp3) is 0.500. The number of morpholine rings is 1. The molecule has 0 bridgehead atoms. The molecule has 2 aliphatic heterocycles. The van der Waals surface area contributed by atoms with Crippen LogP contribution in [0.25, 0.3) is 11.4 Å². The number of imidazole rings is 1. The smallest absolute Gasteiger partial charge is 0.274 e. The lowest BCUT2D eigenvalue weighted by atomic mass is 10.1. The van der Waals surface area contributed by atoms with Crippen LogP contribution in [-0.2, 0) is 4.74 Å². The van der Waals surface area contributed by atoms with E-state index in [0.717, 1.165) is 50.5 Å². The number of H-pyrrole nitrogens is 1. The topological polar surface area (TPSA) is 61.5 Å². The fourth-order valence-electron chi connectivity index (χ4n) is 4.18. The van der Waals surface area contributed by atoms with Crippen molar-refractivity contribution in [2.45, 2.75) is 32.4 Å². The molecule has 0 aliphatic carbocycles. The van der Waals surface area contributed by atoms with Crippen LogP contribution in [0.15, 0.2) is 24.3 Å². The number of carbonyl (C=O) groups is 1. The highest BCUT2D eigenvalue weighted by molar-refractivity contribution is 6.30. The molecule has 27 heavy (non-hydrogen) atoms. The van der Waals surface area contributed by atoms with Crippen molar-refractivity contribution in [1.29, 1.82) is 0 Å². The monoisotopic (exact) mass is 388 g/mol. The molecule has 0 radical (unpaired) electrons. The Morgan fingerprint density at radius 3 is 2.81 bits per heavy atom. The highest BCUT2D eigenvalue weighted by Crippen LogP contribution is 2.27. The van der Waals surface area contributed by atoms with Gasteiger partial charge in [-0.3, -0.25) is 9.69 Å². The van der Waals surface area contributed by atoms with Crippen LogP contribution in [0.4, 0.5) is 0 Å². The zero-order valence-corrected chi connectivity index (χ0v) is 16.5. The van der Waals surface area contributed by atoms with Gasteiger partial charge in [0.1, 0.15) is 11.5 Å². The molecular formula is C20H25ClN4O2. The van der Waals surface area contributed by atoms with Crippen LogP contribution in [0.1, 0.15) is 29.5 Å². The van der Waals surface area contributed by atoms with Crippen molar-refractivity contribution >= 4 is 17.5 Å². The van der Waals surface area contributed by atoms with Crippen molar-refractivity contribution in [1.82, 2.24) is 19.8 Å². The predicted molar refractivity (Wildman–Crippen MR) is 105 cm³/mol. The third kappa shape index (κ3) is 3.61. The van der Waals surface area contributed by atoms with E-state index in [1.165, 1.54) is 0 Å². The highest BCUT2D eigenvalue weighted by atomic mass is 35.5. The molecule has 4 rings (SSSR count). The summed E-state index contributed by atoms with van der Waals surface area (Å²) < 4.78 is 5.46. The van der Waals surface area contributed by atoms with Gasteiger partial charge in [0.05, 0.1) is 13.2 Å². The van der Waals surface area contributed by atoms with Crippen molar-refractivity contribution in [3.05, 3.63) is 40.7 Å². The normalized spacial score (nSPS) is 23.7. The molecule has 6 nitrogen and oxygen atoms in total. The first kappa shape index (κ1) is 18.5. The molecule has 2 fully saturated rings. The number of ether oxygens (including phenoxy) is 1. The van der Waals surface area contributed by atoms with Gasteiger partial charge in [-0.15, -0.1) is 0 Å². The predicted octanol–water partition coefficient (Wildman–Crippen LogP) is 2.97. The van der Waals surface area contributed by atoms with Gasteiger partial charge in [0, 0.05) is 48.0 Å². The minimum absolute atomic E-state index is 0.000266. The summed E-state index contributed by atoms with van der Waals surface area (Å²) in [5.41, 5.74) is 2.17. The third-order valence-electron chi connectivity index (χ3n) is 5.68. The molecule has 7 heteroatoms. The molecule has 1 aromatic heterocycles. The van der Waals surface area contributed by atoms with Gasteiger partial charge in [0.25, 0.3) is 5.91 Å². The molecule has 2 aromatic rings. The SMILES string of the molecule is Cc1[nH]c(-c2cccc(Cl)c2)nc1C(=O)N1CC[C@@H](N2CCOCC2)[C@H]1C.